The van der Waals surface area contributed by atoms with E-state index < -0.39 is 0 Å². The minimum absolute atomic E-state index is 0.181. The average molecular weight is 298 g/mol. The van der Waals surface area contributed by atoms with Gasteiger partial charge < -0.3 is 11.1 Å². The number of hydrogen-bond donors (Lipinski definition) is 2. The monoisotopic (exact) mass is 298 g/mol. The number of nitrogens with one attached hydrogen (secondary N) is 1. The Labute approximate surface area is 123 Å². The van der Waals surface area contributed by atoms with Crippen molar-refractivity contribution in [3.63, 3.8) is 0 Å². The number of aromatic nitrogens is 1. The van der Waals surface area contributed by atoms with Gasteiger partial charge >= 0.3 is 5.00 Å². The van der Waals surface area contributed by atoms with E-state index in [9.17, 15) is 10.1 Å². The van der Waals surface area contributed by atoms with Crippen LogP contribution in [-0.2, 0) is 6.42 Å². The standard InChI is InChI=1S/C13H22N4O2S/c14-9-5-4-8-11-12(16-20-13(11)17(18)19)15-10-6-2-1-3-7-10/h10H,1-9,14H2,(H,15,16). The maximum atomic E-state index is 11.1. The molecule has 0 unspecified atom stereocenters. The molecule has 3 N–H and O–H groups in total. The highest BCUT2D eigenvalue weighted by atomic mass is 32.1. The highest BCUT2D eigenvalue weighted by Crippen LogP contribution is 2.33. The van der Waals surface area contributed by atoms with E-state index in [1.807, 2.05) is 0 Å². The van der Waals surface area contributed by atoms with Gasteiger partial charge in [-0.1, -0.05) is 19.3 Å². The number of hydrogen-bond acceptors (Lipinski definition) is 6. The summed E-state index contributed by atoms with van der Waals surface area (Å²) in [6, 6.07) is 0.415. The molecule has 112 valence electrons. The van der Waals surface area contributed by atoms with Crippen LogP contribution in [0.4, 0.5) is 10.8 Å². The van der Waals surface area contributed by atoms with Crippen molar-refractivity contribution < 1.29 is 4.92 Å². The molecule has 1 aliphatic rings. The second-order valence-electron chi connectivity index (χ2n) is 5.30. The van der Waals surface area contributed by atoms with Crippen LogP contribution >= 0.6 is 11.5 Å². The molecule has 1 fully saturated rings. The predicted octanol–water partition coefficient (Wildman–Crippen LogP) is 3.08. The zero-order valence-corrected chi connectivity index (χ0v) is 12.5. The van der Waals surface area contributed by atoms with Crippen LogP contribution in [0.5, 0.6) is 0 Å². The van der Waals surface area contributed by atoms with Gasteiger partial charge in [-0.25, -0.2) is 0 Å². The Bertz CT molecular complexity index is 444. The third-order valence-electron chi connectivity index (χ3n) is 3.76. The topological polar surface area (TPSA) is 94.1 Å². The molecule has 1 heterocycles. The molecule has 0 bridgehead atoms. The van der Waals surface area contributed by atoms with Gasteiger partial charge in [0.1, 0.15) is 5.82 Å². The lowest BCUT2D eigenvalue weighted by Crippen LogP contribution is -2.23. The van der Waals surface area contributed by atoms with E-state index in [1.54, 1.807) is 0 Å². The predicted molar refractivity (Wildman–Crippen MR) is 81.3 cm³/mol. The summed E-state index contributed by atoms with van der Waals surface area (Å²) in [5.41, 5.74) is 6.25. The van der Waals surface area contributed by atoms with Crippen molar-refractivity contribution in [1.82, 2.24) is 4.37 Å². The molecule has 0 aliphatic heterocycles. The van der Waals surface area contributed by atoms with E-state index in [4.69, 9.17) is 5.73 Å². The summed E-state index contributed by atoms with van der Waals surface area (Å²) in [6.07, 6.45) is 8.45. The minimum Gasteiger partial charge on any atom is -0.366 e. The van der Waals surface area contributed by atoms with Gasteiger partial charge in [-0.15, -0.1) is 0 Å². The number of nitrogens with two attached hydrogens (primary N) is 1. The van der Waals surface area contributed by atoms with Crippen LogP contribution in [0.3, 0.4) is 0 Å². The SMILES string of the molecule is NCCCCc1c(NC2CCCCC2)nsc1[N+](=O)[O-]. The maximum Gasteiger partial charge on any atom is 0.348 e. The van der Waals surface area contributed by atoms with E-state index in [-0.39, 0.29) is 9.92 Å². The summed E-state index contributed by atoms with van der Waals surface area (Å²) < 4.78 is 4.27. The zero-order chi connectivity index (χ0) is 14.4. The molecule has 0 amide bonds. The molecule has 1 aromatic rings. The van der Waals surface area contributed by atoms with Gasteiger partial charge in [-0.2, -0.15) is 4.37 Å². The van der Waals surface area contributed by atoms with Crippen molar-refractivity contribution >= 4 is 22.4 Å². The van der Waals surface area contributed by atoms with Crippen molar-refractivity contribution in [1.29, 1.82) is 0 Å². The van der Waals surface area contributed by atoms with E-state index >= 15 is 0 Å². The van der Waals surface area contributed by atoms with Crippen LogP contribution in [0.1, 0.15) is 50.5 Å². The Hall–Kier alpha value is -1.21. The lowest BCUT2D eigenvalue weighted by Gasteiger charge is -2.23. The Kier molecular flexibility index (Phi) is 5.72. The molecule has 20 heavy (non-hydrogen) atoms. The summed E-state index contributed by atoms with van der Waals surface area (Å²) in [7, 11) is 0. The first-order valence-electron chi connectivity index (χ1n) is 7.32. The van der Waals surface area contributed by atoms with Crippen molar-refractivity contribution in [2.24, 2.45) is 5.73 Å². The van der Waals surface area contributed by atoms with Gasteiger partial charge in [0.2, 0.25) is 0 Å². The van der Waals surface area contributed by atoms with Crippen molar-refractivity contribution in [3.8, 4) is 0 Å². The van der Waals surface area contributed by atoms with Crippen LogP contribution in [-0.4, -0.2) is 21.9 Å². The molecular formula is C13H22N4O2S. The van der Waals surface area contributed by atoms with Crippen LogP contribution in [0, 0.1) is 10.1 Å². The molecule has 0 aromatic carbocycles. The lowest BCUT2D eigenvalue weighted by molar-refractivity contribution is -0.380. The van der Waals surface area contributed by atoms with Gasteiger partial charge in [-0.3, -0.25) is 10.1 Å². The van der Waals surface area contributed by atoms with Gasteiger partial charge in [0, 0.05) is 17.6 Å². The van der Waals surface area contributed by atoms with Gasteiger partial charge in [0.05, 0.1) is 10.5 Å². The summed E-state index contributed by atoms with van der Waals surface area (Å²) in [6.45, 7) is 0.622. The first kappa shape index (κ1) is 15.2. The van der Waals surface area contributed by atoms with Crippen LogP contribution in [0.15, 0.2) is 0 Å². The molecule has 0 spiro atoms. The Balaban J connectivity index is 2.07. The lowest BCUT2D eigenvalue weighted by atomic mass is 9.95. The number of anilines is 1. The Morgan fingerprint density at radius 2 is 2.10 bits per heavy atom. The number of unbranched alkanes of at least 4 members (excludes halogenated alkanes) is 1. The second-order valence-corrected chi connectivity index (χ2v) is 6.05. The summed E-state index contributed by atoms with van der Waals surface area (Å²) >= 11 is 0.988. The summed E-state index contributed by atoms with van der Waals surface area (Å²) in [5, 5.41) is 14.7. The number of nitro groups is 1. The smallest absolute Gasteiger partial charge is 0.348 e. The molecule has 0 atom stereocenters. The van der Waals surface area contributed by atoms with E-state index in [1.165, 1.54) is 19.3 Å². The van der Waals surface area contributed by atoms with Crippen molar-refractivity contribution in [2.75, 3.05) is 11.9 Å². The summed E-state index contributed by atoms with van der Waals surface area (Å²) in [4.78, 5) is 10.8. The van der Waals surface area contributed by atoms with Crippen LogP contribution in [0.25, 0.3) is 0 Å². The highest BCUT2D eigenvalue weighted by molar-refractivity contribution is 7.09. The fourth-order valence-corrected chi connectivity index (χ4v) is 3.39. The fourth-order valence-electron chi connectivity index (χ4n) is 2.67. The van der Waals surface area contributed by atoms with Crippen molar-refractivity contribution in [2.45, 2.75) is 57.4 Å². The zero-order valence-electron chi connectivity index (χ0n) is 11.6. The minimum atomic E-state index is -0.318. The van der Waals surface area contributed by atoms with Gasteiger partial charge in [0.15, 0.2) is 0 Å². The molecule has 2 rings (SSSR count). The fraction of sp³-hybridized carbons (Fsp3) is 0.769. The Morgan fingerprint density at radius 3 is 2.75 bits per heavy atom. The molecular weight excluding hydrogens is 276 g/mol. The first-order chi connectivity index (χ1) is 9.72. The third kappa shape index (κ3) is 3.89. The highest BCUT2D eigenvalue weighted by Gasteiger charge is 2.24. The molecule has 6 nitrogen and oxygen atoms in total. The normalized spacial score (nSPS) is 16.2. The largest absolute Gasteiger partial charge is 0.366 e. The molecule has 0 radical (unpaired) electrons. The molecule has 0 saturated heterocycles. The van der Waals surface area contributed by atoms with Crippen LogP contribution < -0.4 is 11.1 Å². The quantitative estimate of drug-likeness (QED) is 0.458. The number of rotatable bonds is 7. The van der Waals surface area contributed by atoms with Gasteiger partial charge in [0.25, 0.3) is 0 Å². The molecule has 1 saturated carbocycles. The van der Waals surface area contributed by atoms with Crippen LogP contribution in [0.2, 0.25) is 0 Å². The second kappa shape index (κ2) is 7.54. The third-order valence-corrected chi connectivity index (χ3v) is 4.60. The molecule has 1 aliphatic carbocycles. The van der Waals surface area contributed by atoms with E-state index in [0.717, 1.165) is 48.6 Å². The summed E-state index contributed by atoms with van der Waals surface area (Å²) in [5.74, 6) is 0.727. The van der Waals surface area contributed by atoms with E-state index in [0.29, 0.717) is 19.0 Å². The number of nitrogens with zero attached hydrogens (tertiary/aromatic N) is 2. The van der Waals surface area contributed by atoms with E-state index in [2.05, 4.69) is 9.69 Å². The van der Waals surface area contributed by atoms with Crippen molar-refractivity contribution in [3.05, 3.63) is 15.7 Å². The Morgan fingerprint density at radius 1 is 1.35 bits per heavy atom. The van der Waals surface area contributed by atoms with Gasteiger partial charge in [-0.05, 0) is 38.6 Å². The maximum absolute atomic E-state index is 11.1. The average Bonchev–Trinajstić information content (AvgIpc) is 2.83. The first-order valence-corrected chi connectivity index (χ1v) is 8.09. The molecule has 7 heteroatoms. The molecule has 1 aromatic heterocycles.